The molecule has 0 spiro atoms. The molecule has 0 radical (unpaired) electrons. The fraction of sp³-hybridized carbons (Fsp3) is 0.278. The van der Waals surface area contributed by atoms with Crippen LogP contribution in [-0.4, -0.2) is 41.4 Å². The second-order valence-electron chi connectivity index (χ2n) is 5.74. The molecule has 124 valence electrons. The summed E-state index contributed by atoms with van der Waals surface area (Å²) >= 11 is 0. The number of aromatic nitrogens is 1. The second-order valence-corrected chi connectivity index (χ2v) is 5.74. The van der Waals surface area contributed by atoms with Crippen molar-refractivity contribution in [2.45, 2.75) is 18.9 Å². The number of nitrogens with zero attached hydrogens (tertiary/aromatic N) is 2. The number of pyridine rings is 1. The first kappa shape index (κ1) is 16.0. The molecule has 1 saturated heterocycles. The number of benzene rings is 1. The third-order valence-corrected chi connectivity index (χ3v) is 3.87. The lowest BCUT2D eigenvalue weighted by molar-refractivity contribution is -0.132. The van der Waals surface area contributed by atoms with Crippen molar-refractivity contribution in [2.75, 3.05) is 18.9 Å². The third-order valence-electron chi connectivity index (χ3n) is 3.87. The van der Waals surface area contributed by atoms with Crippen LogP contribution in [0.25, 0.3) is 0 Å². The quantitative estimate of drug-likeness (QED) is 0.911. The summed E-state index contributed by atoms with van der Waals surface area (Å²) in [7, 11) is 1.76. The van der Waals surface area contributed by atoms with Gasteiger partial charge in [0, 0.05) is 20.0 Å². The topological polar surface area (TPSA) is 71.5 Å². The smallest absolute Gasteiger partial charge is 0.263 e. The fourth-order valence-corrected chi connectivity index (χ4v) is 2.56. The molecule has 2 heterocycles. The molecule has 1 aliphatic rings. The maximum atomic E-state index is 12.0. The lowest BCUT2D eigenvalue weighted by atomic mass is 10.1. The standard InChI is InChI=1S/C18H19N3O3/c1-21-10-9-15(18(21)23)24-14-7-8-16(19-12-14)20-17(22)11-13-5-3-2-4-6-13/h2-8,12,15H,9-11H2,1H3,(H,19,20,22). The molecule has 2 amide bonds. The van der Waals surface area contributed by atoms with Crippen LogP contribution in [0, 0.1) is 0 Å². The second kappa shape index (κ2) is 7.12. The van der Waals surface area contributed by atoms with Crippen molar-refractivity contribution in [3.8, 4) is 5.75 Å². The monoisotopic (exact) mass is 325 g/mol. The first-order chi connectivity index (χ1) is 11.6. The number of hydrogen-bond donors (Lipinski definition) is 1. The van der Waals surface area contributed by atoms with Gasteiger partial charge in [0.1, 0.15) is 11.6 Å². The summed E-state index contributed by atoms with van der Waals surface area (Å²) in [5.41, 5.74) is 0.943. The number of nitrogens with one attached hydrogen (secondary N) is 1. The largest absolute Gasteiger partial charge is 0.479 e. The van der Waals surface area contributed by atoms with Gasteiger partial charge in [0.15, 0.2) is 6.10 Å². The Labute approximate surface area is 140 Å². The molecule has 1 aromatic heterocycles. The van der Waals surface area contributed by atoms with Gasteiger partial charge in [0.05, 0.1) is 12.6 Å². The van der Waals surface area contributed by atoms with Crippen LogP contribution < -0.4 is 10.1 Å². The van der Waals surface area contributed by atoms with E-state index in [1.54, 1.807) is 24.1 Å². The highest BCUT2D eigenvalue weighted by molar-refractivity contribution is 5.91. The molecule has 0 saturated carbocycles. The van der Waals surface area contributed by atoms with E-state index in [1.807, 2.05) is 30.3 Å². The van der Waals surface area contributed by atoms with E-state index >= 15 is 0 Å². The summed E-state index contributed by atoms with van der Waals surface area (Å²) in [6, 6.07) is 12.9. The molecule has 3 rings (SSSR count). The van der Waals surface area contributed by atoms with Crippen LogP contribution in [0.15, 0.2) is 48.7 Å². The number of likely N-dealkylation sites (tertiary alicyclic amines) is 1. The van der Waals surface area contributed by atoms with Crippen LogP contribution in [0.1, 0.15) is 12.0 Å². The summed E-state index contributed by atoms with van der Waals surface area (Å²) in [6.07, 6.45) is 2.04. The van der Waals surface area contributed by atoms with E-state index < -0.39 is 6.10 Å². The summed E-state index contributed by atoms with van der Waals surface area (Å²) in [5.74, 6) is 0.827. The van der Waals surface area contributed by atoms with Gasteiger partial charge in [-0.1, -0.05) is 30.3 Å². The Kier molecular flexibility index (Phi) is 4.74. The highest BCUT2D eigenvalue weighted by Gasteiger charge is 2.30. The van der Waals surface area contributed by atoms with Crippen LogP contribution in [0.2, 0.25) is 0 Å². The Hall–Kier alpha value is -2.89. The first-order valence-electron chi connectivity index (χ1n) is 7.83. The van der Waals surface area contributed by atoms with Crippen molar-refractivity contribution in [1.29, 1.82) is 0 Å². The molecule has 1 aliphatic heterocycles. The van der Waals surface area contributed by atoms with Gasteiger partial charge in [0.25, 0.3) is 5.91 Å². The molecule has 1 N–H and O–H groups in total. The lowest BCUT2D eigenvalue weighted by Crippen LogP contribution is -2.29. The zero-order valence-corrected chi connectivity index (χ0v) is 13.4. The molecule has 24 heavy (non-hydrogen) atoms. The summed E-state index contributed by atoms with van der Waals surface area (Å²) in [5, 5.41) is 2.75. The van der Waals surface area contributed by atoms with E-state index in [0.29, 0.717) is 31.0 Å². The number of likely N-dealkylation sites (N-methyl/N-ethyl adjacent to an activating group) is 1. The maximum Gasteiger partial charge on any atom is 0.263 e. The van der Waals surface area contributed by atoms with Crippen molar-refractivity contribution >= 4 is 17.6 Å². The van der Waals surface area contributed by atoms with E-state index in [2.05, 4.69) is 10.3 Å². The average molecular weight is 325 g/mol. The number of hydrogen-bond acceptors (Lipinski definition) is 4. The summed E-state index contributed by atoms with van der Waals surface area (Å²) < 4.78 is 5.65. The summed E-state index contributed by atoms with van der Waals surface area (Å²) in [4.78, 5) is 29.6. The SMILES string of the molecule is CN1CCC(Oc2ccc(NC(=O)Cc3ccccc3)nc2)C1=O. The molecule has 6 nitrogen and oxygen atoms in total. The first-order valence-corrected chi connectivity index (χ1v) is 7.83. The minimum atomic E-state index is -0.449. The number of carbonyl (C=O) groups excluding carboxylic acids is 2. The number of anilines is 1. The molecular weight excluding hydrogens is 306 g/mol. The van der Waals surface area contributed by atoms with Crippen LogP contribution in [0.4, 0.5) is 5.82 Å². The molecule has 1 fully saturated rings. The molecule has 2 aromatic rings. The lowest BCUT2D eigenvalue weighted by Gasteiger charge is -2.13. The van der Waals surface area contributed by atoms with Crippen LogP contribution >= 0.6 is 0 Å². The zero-order valence-electron chi connectivity index (χ0n) is 13.4. The predicted molar refractivity (Wildman–Crippen MR) is 89.7 cm³/mol. The Morgan fingerprint density at radius 2 is 2.08 bits per heavy atom. The normalized spacial score (nSPS) is 17.0. The third kappa shape index (κ3) is 3.90. The van der Waals surface area contributed by atoms with E-state index in [4.69, 9.17) is 4.74 Å². The van der Waals surface area contributed by atoms with Gasteiger partial charge in [-0.2, -0.15) is 0 Å². The van der Waals surface area contributed by atoms with E-state index in [1.165, 1.54) is 6.20 Å². The predicted octanol–water partition coefficient (Wildman–Crippen LogP) is 1.87. The Bertz CT molecular complexity index is 716. The number of ether oxygens (including phenoxy) is 1. The van der Waals surface area contributed by atoms with Crippen molar-refractivity contribution in [3.63, 3.8) is 0 Å². The van der Waals surface area contributed by atoms with Crippen LogP contribution in [0.5, 0.6) is 5.75 Å². The number of amides is 2. The van der Waals surface area contributed by atoms with Gasteiger partial charge in [-0.15, -0.1) is 0 Å². The number of carbonyl (C=O) groups is 2. The minimum absolute atomic E-state index is 0.0183. The molecule has 1 aromatic carbocycles. The summed E-state index contributed by atoms with van der Waals surface area (Å²) in [6.45, 7) is 0.699. The van der Waals surface area contributed by atoms with Crippen molar-refractivity contribution in [3.05, 3.63) is 54.2 Å². The van der Waals surface area contributed by atoms with Gasteiger partial charge < -0.3 is 15.0 Å². The van der Waals surface area contributed by atoms with E-state index in [9.17, 15) is 9.59 Å². The minimum Gasteiger partial charge on any atom is -0.479 e. The highest BCUT2D eigenvalue weighted by Crippen LogP contribution is 2.19. The average Bonchev–Trinajstić information content (AvgIpc) is 2.89. The molecule has 1 atom stereocenters. The zero-order chi connectivity index (χ0) is 16.9. The van der Waals surface area contributed by atoms with Crippen molar-refractivity contribution in [2.24, 2.45) is 0 Å². The Morgan fingerprint density at radius 1 is 1.29 bits per heavy atom. The van der Waals surface area contributed by atoms with Gasteiger partial charge >= 0.3 is 0 Å². The Balaban J connectivity index is 1.54. The molecular formula is C18H19N3O3. The Morgan fingerprint density at radius 3 is 2.71 bits per heavy atom. The van der Waals surface area contributed by atoms with Gasteiger partial charge in [-0.05, 0) is 17.7 Å². The van der Waals surface area contributed by atoms with Crippen molar-refractivity contribution in [1.82, 2.24) is 9.88 Å². The molecule has 1 unspecified atom stereocenters. The van der Waals surface area contributed by atoms with E-state index in [0.717, 1.165) is 5.56 Å². The van der Waals surface area contributed by atoms with Gasteiger partial charge in [-0.25, -0.2) is 4.98 Å². The van der Waals surface area contributed by atoms with Gasteiger partial charge in [-0.3, -0.25) is 9.59 Å². The molecule has 6 heteroatoms. The van der Waals surface area contributed by atoms with Crippen LogP contribution in [-0.2, 0) is 16.0 Å². The van der Waals surface area contributed by atoms with Gasteiger partial charge in [0.2, 0.25) is 5.91 Å². The van der Waals surface area contributed by atoms with Crippen LogP contribution in [0.3, 0.4) is 0 Å². The van der Waals surface area contributed by atoms with E-state index in [-0.39, 0.29) is 11.8 Å². The maximum absolute atomic E-state index is 12.0. The highest BCUT2D eigenvalue weighted by atomic mass is 16.5. The number of rotatable bonds is 5. The fourth-order valence-electron chi connectivity index (χ4n) is 2.56. The molecule has 0 aliphatic carbocycles. The molecule has 0 bridgehead atoms. The van der Waals surface area contributed by atoms with Crippen molar-refractivity contribution < 1.29 is 14.3 Å².